The van der Waals surface area contributed by atoms with Crippen molar-refractivity contribution in [3.8, 4) is 34.1 Å². The Balaban J connectivity index is 1.39. The lowest BCUT2D eigenvalue weighted by molar-refractivity contribution is -0.145. The van der Waals surface area contributed by atoms with E-state index in [-0.39, 0.29) is 31.4 Å². The Morgan fingerprint density at radius 2 is 1.73 bits per heavy atom. The lowest BCUT2D eigenvalue weighted by atomic mass is 9.96. The molecule has 1 atom stereocenters. The number of ether oxygens (including phenoxy) is 4. The Labute approximate surface area is 284 Å². The number of fused-ring (bicyclic) bond motifs is 1. The van der Waals surface area contributed by atoms with Crippen molar-refractivity contribution in [3.63, 3.8) is 0 Å². The van der Waals surface area contributed by atoms with Gasteiger partial charge in [-0.3, -0.25) is 19.9 Å². The van der Waals surface area contributed by atoms with E-state index in [0.717, 1.165) is 28.0 Å². The van der Waals surface area contributed by atoms with E-state index < -0.39 is 18.1 Å². The average Bonchev–Trinajstić information content (AvgIpc) is 3.09. The summed E-state index contributed by atoms with van der Waals surface area (Å²) in [5, 5.41) is 22.6. The maximum absolute atomic E-state index is 12.4. The van der Waals surface area contributed by atoms with Crippen molar-refractivity contribution in [3.05, 3.63) is 99.8 Å². The number of halogens is 1. The van der Waals surface area contributed by atoms with Crippen LogP contribution in [0.25, 0.3) is 11.1 Å². The van der Waals surface area contributed by atoms with Crippen molar-refractivity contribution < 1.29 is 38.7 Å². The van der Waals surface area contributed by atoms with E-state index in [9.17, 15) is 19.8 Å². The van der Waals surface area contributed by atoms with E-state index in [0.29, 0.717) is 46.6 Å². The van der Waals surface area contributed by atoms with E-state index in [4.69, 9.17) is 30.5 Å². The molecule has 0 aliphatic carbocycles. The number of aromatic nitrogens is 1. The number of hydrogen-bond acceptors (Lipinski definition) is 9. The zero-order valence-corrected chi connectivity index (χ0v) is 28.0. The second-order valence-electron chi connectivity index (χ2n) is 11.8. The molecular weight excluding hydrogens is 638 g/mol. The highest BCUT2D eigenvalue weighted by Crippen LogP contribution is 2.37. The molecule has 48 heavy (non-hydrogen) atoms. The molecule has 5 rings (SSSR count). The maximum Gasteiger partial charge on any atom is 0.326 e. The highest BCUT2D eigenvalue weighted by molar-refractivity contribution is 6.32. The number of carbonyl (C=O) groups excluding carboxylic acids is 1. The van der Waals surface area contributed by atoms with Gasteiger partial charge in [0.05, 0.1) is 11.6 Å². The first-order valence-electron chi connectivity index (χ1n) is 15.3. The van der Waals surface area contributed by atoms with Crippen molar-refractivity contribution in [2.75, 3.05) is 33.9 Å². The molecule has 3 N–H and O–H groups in total. The van der Waals surface area contributed by atoms with Crippen LogP contribution in [0.4, 0.5) is 0 Å². The molecule has 4 aromatic rings. The maximum atomic E-state index is 12.4. The fourth-order valence-electron chi connectivity index (χ4n) is 5.04. The minimum absolute atomic E-state index is 0.0239. The molecule has 0 unspecified atom stereocenters. The molecule has 252 valence electrons. The summed E-state index contributed by atoms with van der Waals surface area (Å²) in [5.74, 6) is 0.733. The van der Waals surface area contributed by atoms with Gasteiger partial charge >= 0.3 is 5.97 Å². The summed E-state index contributed by atoms with van der Waals surface area (Å²) in [6, 6.07) is 18.6. The number of carbonyl (C=O) groups is 2. The number of carboxylic acids is 1. The van der Waals surface area contributed by atoms with Gasteiger partial charge in [-0.05, 0) is 72.0 Å². The lowest BCUT2D eigenvalue weighted by Gasteiger charge is -2.25. The molecule has 11 nitrogen and oxygen atoms in total. The fraction of sp³-hybridized carbons (Fsp3) is 0.306. The van der Waals surface area contributed by atoms with Crippen LogP contribution in [0, 0.1) is 6.92 Å². The van der Waals surface area contributed by atoms with Gasteiger partial charge in [-0.2, -0.15) is 0 Å². The quantitative estimate of drug-likeness (QED) is 0.172. The second kappa shape index (κ2) is 14.9. The number of amides is 1. The van der Waals surface area contributed by atoms with Crippen LogP contribution in [0.5, 0.6) is 23.0 Å². The number of carboxylic acid groups (broad SMARTS) is 1. The van der Waals surface area contributed by atoms with Crippen LogP contribution in [0.1, 0.15) is 39.7 Å². The topological polar surface area (TPSA) is 140 Å². The molecule has 1 aliphatic rings. The number of aliphatic hydroxyl groups excluding tert-OH is 1. The molecule has 1 aliphatic heterocycles. The van der Waals surface area contributed by atoms with Crippen molar-refractivity contribution in [1.82, 2.24) is 15.2 Å². The van der Waals surface area contributed by atoms with E-state index in [1.165, 1.54) is 18.0 Å². The zero-order valence-electron chi connectivity index (χ0n) is 27.2. The minimum atomic E-state index is -1.59. The fourth-order valence-corrected chi connectivity index (χ4v) is 5.28. The Hall–Kier alpha value is -4.84. The summed E-state index contributed by atoms with van der Waals surface area (Å²) in [4.78, 5) is 29.8. The number of aliphatic hydroxyl groups is 1. The monoisotopic (exact) mass is 675 g/mol. The molecule has 0 saturated heterocycles. The normalized spacial score (nSPS) is 13.4. The number of aliphatic carboxylic acids is 1. The molecule has 0 spiro atoms. The van der Waals surface area contributed by atoms with Crippen LogP contribution < -0.4 is 24.3 Å². The minimum Gasteiger partial charge on any atom is -0.488 e. The van der Waals surface area contributed by atoms with Crippen molar-refractivity contribution in [2.24, 2.45) is 0 Å². The first kappa shape index (κ1) is 34.5. The SMILES string of the molecule is Cc1c(COc2cc(OCc3ccnc(C(=O)N(C)C)c3)c(CN[C@@](C)(CO)C(=O)O)cc2Cl)cccc1-c1ccc2c(c1)OCCO2. The summed E-state index contributed by atoms with van der Waals surface area (Å²) in [7, 11) is 3.30. The molecule has 3 aromatic carbocycles. The number of benzene rings is 3. The van der Waals surface area contributed by atoms with Gasteiger partial charge in [0.2, 0.25) is 0 Å². The summed E-state index contributed by atoms with van der Waals surface area (Å²) >= 11 is 6.70. The Bertz CT molecular complexity index is 1810. The van der Waals surface area contributed by atoms with Crippen LogP contribution >= 0.6 is 11.6 Å². The Morgan fingerprint density at radius 1 is 0.979 bits per heavy atom. The molecule has 0 bridgehead atoms. The van der Waals surface area contributed by atoms with Crippen LogP contribution in [0.2, 0.25) is 5.02 Å². The third-order valence-corrected chi connectivity index (χ3v) is 8.39. The third-order valence-electron chi connectivity index (χ3n) is 8.10. The van der Waals surface area contributed by atoms with Crippen LogP contribution in [-0.2, 0) is 24.6 Å². The smallest absolute Gasteiger partial charge is 0.326 e. The first-order valence-corrected chi connectivity index (χ1v) is 15.7. The molecule has 0 radical (unpaired) electrons. The Morgan fingerprint density at radius 3 is 2.46 bits per heavy atom. The van der Waals surface area contributed by atoms with Gasteiger partial charge in [-0.1, -0.05) is 35.9 Å². The van der Waals surface area contributed by atoms with Crippen LogP contribution in [0.15, 0.2) is 66.9 Å². The van der Waals surface area contributed by atoms with E-state index in [1.54, 1.807) is 38.4 Å². The highest BCUT2D eigenvalue weighted by atomic mass is 35.5. The molecule has 12 heteroatoms. The van der Waals surface area contributed by atoms with E-state index >= 15 is 0 Å². The van der Waals surface area contributed by atoms with Gasteiger partial charge in [0.1, 0.15) is 49.2 Å². The molecular formula is C36H38ClN3O8. The summed E-state index contributed by atoms with van der Waals surface area (Å²) in [5.41, 5.74) is 3.92. The van der Waals surface area contributed by atoms with Gasteiger partial charge in [0.15, 0.2) is 11.5 Å². The van der Waals surface area contributed by atoms with E-state index in [1.807, 2.05) is 43.3 Å². The van der Waals surface area contributed by atoms with Gasteiger partial charge in [-0.15, -0.1) is 0 Å². The first-order chi connectivity index (χ1) is 23.0. The summed E-state index contributed by atoms with van der Waals surface area (Å²) in [6.45, 7) is 4.13. The third kappa shape index (κ3) is 7.82. The molecule has 2 heterocycles. The second-order valence-corrected chi connectivity index (χ2v) is 12.2. The predicted octanol–water partition coefficient (Wildman–Crippen LogP) is 5.27. The highest BCUT2D eigenvalue weighted by Gasteiger charge is 2.32. The molecule has 1 amide bonds. The zero-order chi connectivity index (χ0) is 34.4. The Kier molecular flexibility index (Phi) is 10.7. The largest absolute Gasteiger partial charge is 0.488 e. The van der Waals surface area contributed by atoms with E-state index in [2.05, 4.69) is 10.3 Å². The number of rotatable bonds is 13. The number of nitrogens with zero attached hydrogens (tertiary/aromatic N) is 2. The van der Waals surface area contributed by atoms with Gasteiger partial charge in [-0.25, -0.2) is 0 Å². The number of pyridine rings is 1. The molecule has 0 saturated carbocycles. The number of nitrogens with one attached hydrogen (secondary N) is 1. The predicted molar refractivity (Wildman–Crippen MR) is 180 cm³/mol. The van der Waals surface area contributed by atoms with Crippen molar-refractivity contribution in [1.29, 1.82) is 0 Å². The van der Waals surface area contributed by atoms with Gasteiger partial charge in [0, 0.05) is 38.5 Å². The molecule has 0 fully saturated rings. The molecule has 1 aromatic heterocycles. The average molecular weight is 676 g/mol. The van der Waals surface area contributed by atoms with Crippen molar-refractivity contribution >= 4 is 23.5 Å². The summed E-state index contributed by atoms with van der Waals surface area (Å²) in [6.07, 6.45) is 1.54. The number of hydrogen-bond donors (Lipinski definition) is 3. The standard InChI is InChI=1S/C36H38ClN3O8/c1-22-25(6-5-7-27(22)24-8-9-30-33(16-24)46-13-12-45-30)20-48-32-17-31(26(15-28(32)37)18-39-36(2,21-41)35(43)44)47-19-23-10-11-38-29(14-23)34(42)40(3)4/h5-11,14-17,39,41H,12-13,18-21H2,1-4H3,(H,43,44)/t36-/m0/s1. The van der Waals surface area contributed by atoms with Gasteiger partial charge in [0.25, 0.3) is 5.91 Å². The van der Waals surface area contributed by atoms with Gasteiger partial charge < -0.3 is 34.1 Å². The van der Waals surface area contributed by atoms with Crippen molar-refractivity contribution in [2.45, 2.75) is 39.1 Å². The lowest BCUT2D eigenvalue weighted by Crippen LogP contribution is -2.52. The van der Waals surface area contributed by atoms with Crippen LogP contribution in [-0.4, -0.2) is 71.4 Å². The van der Waals surface area contributed by atoms with Crippen LogP contribution in [0.3, 0.4) is 0 Å². The summed E-state index contributed by atoms with van der Waals surface area (Å²) < 4.78 is 23.9.